The van der Waals surface area contributed by atoms with E-state index in [1.807, 2.05) is 0 Å². The van der Waals surface area contributed by atoms with Gasteiger partial charge in [0.25, 0.3) is 0 Å². The summed E-state index contributed by atoms with van der Waals surface area (Å²) in [4.78, 5) is 35.7. The van der Waals surface area contributed by atoms with E-state index in [9.17, 15) is 19.5 Å². The highest BCUT2D eigenvalue weighted by atomic mass is 35.5. The number of hydrogen-bond donors (Lipinski definition) is 3. The summed E-state index contributed by atoms with van der Waals surface area (Å²) in [6.07, 6.45) is 2.64. The fourth-order valence-corrected chi connectivity index (χ4v) is 4.20. The van der Waals surface area contributed by atoms with E-state index in [2.05, 4.69) is 10.9 Å². The Morgan fingerprint density at radius 3 is 2.29 bits per heavy atom. The summed E-state index contributed by atoms with van der Waals surface area (Å²) in [7, 11) is 0. The number of fused-ring (bicyclic) bond motifs is 2. The van der Waals surface area contributed by atoms with Gasteiger partial charge in [0.15, 0.2) is 0 Å². The monoisotopic (exact) mass is 350 g/mol. The van der Waals surface area contributed by atoms with E-state index in [0.717, 1.165) is 24.8 Å². The molecule has 0 aliphatic heterocycles. The first-order chi connectivity index (χ1) is 11.5. The molecule has 3 rings (SSSR count). The molecule has 0 saturated heterocycles. The van der Waals surface area contributed by atoms with Crippen LogP contribution in [0.15, 0.2) is 24.3 Å². The Balaban J connectivity index is 1.54. The van der Waals surface area contributed by atoms with Crippen LogP contribution in [0.2, 0.25) is 5.02 Å². The standard InChI is InChI=1S/C17H19ClN2O4/c18-12-5-1-9(2-6-12)7-13(21)19-20-16(22)14-10-3-4-11(8-10)15(14)17(23)24/h1-2,5-6,10-11,14-15H,3-4,7-8H2,(H,19,21)(H,20,22)(H,23,24). The second kappa shape index (κ2) is 6.81. The summed E-state index contributed by atoms with van der Waals surface area (Å²) in [5, 5.41) is 9.96. The number of hydrogen-bond acceptors (Lipinski definition) is 3. The van der Waals surface area contributed by atoms with Crippen molar-refractivity contribution in [3.8, 4) is 0 Å². The molecule has 0 heterocycles. The van der Waals surface area contributed by atoms with Crippen molar-refractivity contribution in [2.24, 2.45) is 23.7 Å². The van der Waals surface area contributed by atoms with E-state index in [1.165, 1.54) is 0 Å². The first-order valence-electron chi connectivity index (χ1n) is 8.01. The van der Waals surface area contributed by atoms with Crippen molar-refractivity contribution in [3.05, 3.63) is 34.9 Å². The third kappa shape index (κ3) is 3.38. The highest BCUT2D eigenvalue weighted by Gasteiger charge is 2.54. The molecule has 2 aliphatic rings. The van der Waals surface area contributed by atoms with Crippen LogP contribution in [0.25, 0.3) is 0 Å². The van der Waals surface area contributed by atoms with Gasteiger partial charge in [0.1, 0.15) is 0 Å². The lowest BCUT2D eigenvalue weighted by Gasteiger charge is -2.26. The minimum absolute atomic E-state index is 0.0769. The molecule has 2 saturated carbocycles. The van der Waals surface area contributed by atoms with Crippen LogP contribution in [-0.4, -0.2) is 22.9 Å². The van der Waals surface area contributed by atoms with Crippen LogP contribution in [-0.2, 0) is 20.8 Å². The zero-order chi connectivity index (χ0) is 17.3. The zero-order valence-electron chi connectivity index (χ0n) is 13.0. The Morgan fingerprint density at radius 2 is 1.67 bits per heavy atom. The van der Waals surface area contributed by atoms with Gasteiger partial charge in [-0.3, -0.25) is 25.2 Å². The van der Waals surface area contributed by atoms with Crippen LogP contribution in [0, 0.1) is 23.7 Å². The predicted molar refractivity (Wildman–Crippen MR) is 86.9 cm³/mol. The average Bonchev–Trinajstić information content (AvgIpc) is 3.15. The smallest absolute Gasteiger partial charge is 0.307 e. The van der Waals surface area contributed by atoms with Crippen LogP contribution >= 0.6 is 11.6 Å². The number of aliphatic carboxylic acids is 1. The molecular weight excluding hydrogens is 332 g/mol. The lowest BCUT2D eigenvalue weighted by molar-refractivity contribution is -0.149. The lowest BCUT2D eigenvalue weighted by atomic mass is 9.79. The maximum absolute atomic E-state index is 12.3. The van der Waals surface area contributed by atoms with Crippen LogP contribution in [0.1, 0.15) is 24.8 Å². The van der Waals surface area contributed by atoms with Gasteiger partial charge in [-0.15, -0.1) is 0 Å². The number of carbonyl (C=O) groups excluding carboxylic acids is 2. The minimum atomic E-state index is -0.921. The lowest BCUT2D eigenvalue weighted by Crippen LogP contribution is -2.49. The van der Waals surface area contributed by atoms with E-state index in [4.69, 9.17) is 11.6 Å². The number of carboxylic acids is 1. The molecule has 7 heteroatoms. The second-order valence-corrected chi connectivity index (χ2v) is 7.00. The molecule has 2 aliphatic carbocycles. The molecule has 1 aromatic rings. The largest absolute Gasteiger partial charge is 0.481 e. The molecule has 0 radical (unpaired) electrons. The number of nitrogens with one attached hydrogen (secondary N) is 2. The molecule has 4 atom stereocenters. The molecule has 2 amide bonds. The fraction of sp³-hybridized carbons (Fsp3) is 0.471. The first kappa shape index (κ1) is 16.8. The number of amides is 2. The van der Waals surface area contributed by atoms with Crippen molar-refractivity contribution in [2.45, 2.75) is 25.7 Å². The number of rotatable bonds is 4. The van der Waals surface area contributed by atoms with Crippen molar-refractivity contribution in [1.82, 2.24) is 10.9 Å². The van der Waals surface area contributed by atoms with Gasteiger partial charge >= 0.3 is 5.97 Å². The molecule has 2 fully saturated rings. The number of carboxylic acid groups (broad SMARTS) is 1. The van der Waals surface area contributed by atoms with Crippen molar-refractivity contribution < 1.29 is 19.5 Å². The summed E-state index contributed by atoms with van der Waals surface area (Å²) >= 11 is 5.79. The van der Waals surface area contributed by atoms with Crippen LogP contribution in [0.3, 0.4) is 0 Å². The Bertz CT molecular complexity index is 661. The third-order valence-corrected chi connectivity index (χ3v) is 5.36. The zero-order valence-corrected chi connectivity index (χ0v) is 13.8. The van der Waals surface area contributed by atoms with Crippen molar-refractivity contribution >= 4 is 29.4 Å². The van der Waals surface area contributed by atoms with E-state index in [0.29, 0.717) is 5.02 Å². The predicted octanol–water partition coefficient (Wildman–Crippen LogP) is 1.78. The maximum atomic E-state index is 12.3. The van der Waals surface area contributed by atoms with Crippen molar-refractivity contribution in [1.29, 1.82) is 0 Å². The third-order valence-electron chi connectivity index (χ3n) is 5.11. The Labute approximate surface area is 144 Å². The number of hydrazine groups is 1. The van der Waals surface area contributed by atoms with Gasteiger partial charge in [-0.05, 0) is 48.8 Å². The van der Waals surface area contributed by atoms with Gasteiger partial charge in [0.2, 0.25) is 11.8 Å². The van der Waals surface area contributed by atoms with Crippen LogP contribution in [0.5, 0.6) is 0 Å². The van der Waals surface area contributed by atoms with Gasteiger partial charge in [-0.1, -0.05) is 23.7 Å². The highest BCUT2D eigenvalue weighted by molar-refractivity contribution is 6.30. The molecule has 3 N–H and O–H groups in total. The summed E-state index contributed by atoms with van der Waals surface area (Å²) in [5.74, 6) is -2.71. The Morgan fingerprint density at radius 1 is 1.04 bits per heavy atom. The van der Waals surface area contributed by atoms with E-state index < -0.39 is 23.7 Å². The van der Waals surface area contributed by atoms with Crippen LogP contribution < -0.4 is 10.9 Å². The van der Waals surface area contributed by atoms with E-state index in [-0.39, 0.29) is 24.2 Å². The van der Waals surface area contributed by atoms with Crippen molar-refractivity contribution in [3.63, 3.8) is 0 Å². The van der Waals surface area contributed by atoms with E-state index >= 15 is 0 Å². The fourth-order valence-electron chi connectivity index (χ4n) is 4.07. The van der Waals surface area contributed by atoms with Gasteiger partial charge in [0.05, 0.1) is 18.3 Å². The summed E-state index contributed by atoms with van der Waals surface area (Å²) < 4.78 is 0. The maximum Gasteiger partial charge on any atom is 0.307 e. The number of benzene rings is 1. The van der Waals surface area contributed by atoms with E-state index in [1.54, 1.807) is 24.3 Å². The normalized spacial score (nSPS) is 27.7. The minimum Gasteiger partial charge on any atom is -0.481 e. The van der Waals surface area contributed by atoms with Crippen molar-refractivity contribution in [2.75, 3.05) is 0 Å². The molecule has 2 bridgehead atoms. The Hall–Kier alpha value is -2.08. The topological polar surface area (TPSA) is 95.5 Å². The molecule has 4 unspecified atom stereocenters. The quantitative estimate of drug-likeness (QED) is 0.721. The molecule has 1 aromatic carbocycles. The number of halogens is 1. The van der Waals surface area contributed by atoms with Gasteiger partial charge in [-0.25, -0.2) is 0 Å². The molecule has 24 heavy (non-hydrogen) atoms. The SMILES string of the molecule is O=C(Cc1ccc(Cl)cc1)NNC(=O)C1C2CCC(C2)C1C(=O)O. The van der Waals surface area contributed by atoms with Gasteiger partial charge < -0.3 is 5.11 Å². The van der Waals surface area contributed by atoms with Gasteiger partial charge in [-0.2, -0.15) is 0 Å². The summed E-state index contributed by atoms with van der Waals surface area (Å²) in [6, 6.07) is 6.85. The molecule has 128 valence electrons. The first-order valence-corrected chi connectivity index (χ1v) is 8.39. The highest BCUT2D eigenvalue weighted by Crippen LogP contribution is 2.52. The molecular formula is C17H19ClN2O4. The van der Waals surface area contributed by atoms with Crippen LogP contribution in [0.4, 0.5) is 0 Å². The molecule has 6 nitrogen and oxygen atoms in total. The Kier molecular flexibility index (Phi) is 4.76. The molecule has 0 aromatic heterocycles. The number of carbonyl (C=O) groups is 3. The summed E-state index contributed by atoms with van der Waals surface area (Å²) in [5.41, 5.74) is 5.55. The van der Waals surface area contributed by atoms with Gasteiger partial charge in [0, 0.05) is 5.02 Å². The molecule has 0 spiro atoms. The average molecular weight is 351 g/mol. The summed E-state index contributed by atoms with van der Waals surface area (Å²) in [6.45, 7) is 0. The second-order valence-electron chi connectivity index (χ2n) is 6.56.